The van der Waals surface area contributed by atoms with E-state index in [1.54, 1.807) is 18.2 Å². The van der Waals surface area contributed by atoms with Crippen LogP contribution in [0.3, 0.4) is 0 Å². The number of nitrogen functional groups attached to an aromatic ring is 1. The summed E-state index contributed by atoms with van der Waals surface area (Å²) in [7, 11) is -1.83. The molecule has 0 amide bonds. The Balaban J connectivity index is 2.53. The zero-order valence-corrected chi connectivity index (χ0v) is 7.86. The molecule has 0 radical (unpaired) electrons. The third-order valence-electron chi connectivity index (χ3n) is 1.63. The molecule has 1 aromatic carbocycles. The summed E-state index contributed by atoms with van der Waals surface area (Å²) in [5.41, 5.74) is 6.20. The Kier molecular flexibility index (Phi) is 2.28. The van der Waals surface area contributed by atoms with Gasteiger partial charge in [-0.2, -0.15) is 0 Å². The molecule has 5 nitrogen and oxygen atoms in total. The van der Waals surface area contributed by atoms with E-state index >= 15 is 0 Å². The van der Waals surface area contributed by atoms with Gasteiger partial charge in [0.1, 0.15) is 5.75 Å². The third-order valence-corrected chi connectivity index (χ3v) is 2.54. The fourth-order valence-electron chi connectivity index (χ4n) is 1.15. The Bertz CT molecular complexity index is 459. The molecule has 7 heteroatoms. The maximum atomic E-state index is 8.66. The van der Waals surface area contributed by atoms with Crippen LogP contribution >= 0.6 is 11.3 Å². The molecule has 4 N–H and O–H groups in total. The van der Waals surface area contributed by atoms with E-state index in [1.165, 1.54) is 11.3 Å². The van der Waals surface area contributed by atoms with Crippen molar-refractivity contribution in [2.45, 2.75) is 0 Å². The highest BCUT2D eigenvalue weighted by molar-refractivity contribution is 7.22. The molecule has 0 spiro atoms. The Labute approximate surface area is 83.9 Å². The number of hydrogen-bond acceptors (Lipinski definition) is 6. The SMILES string of the molecule is Nc1nc2cccc(OB(O)O)c2s1. The highest BCUT2D eigenvalue weighted by Crippen LogP contribution is 2.32. The molecule has 0 fully saturated rings. The van der Waals surface area contributed by atoms with Crippen molar-refractivity contribution in [3.05, 3.63) is 18.2 Å². The lowest BCUT2D eigenvalue weighted by atomic mass is 10.2. The first-order chi connectivity index (χ1) is 6.66. The molecule has 2 aromatic rings. The van der Waals surface area contributed by atoms with Crippen molar-refractivity contribution < 1.29 is 14.7 Å². The van der Waals surface area contributed by atoms with Gasteiger partial charge in [0.15, 0.2) is 5.13 Å². The lowest BCUT2D eigenvalue weighted by molar-refractivity contribution is 0.290. The van der Waals surface area contributed by atoms with E-state index in [2.05, 4.69) is 4.98 Å². The Morgan fingerprint density at radius 2 is 2.21 bits per heavy atom. The predicted molar refractivity (Wildman–Crippen MR) is 54.9 cm³/mol. The fourth-order valence-corrected chi connectivity index (χ4v) is 1.94. The number of rotatable bonds is 2. The maximum absolute atomic E-state index is 8.66. The number of nitrogens with zero attached hydrogens (tertiary/aromatic N) is 1. The van der Waals surface area contributed by atoms with E-state index in [9.17, 15) is 0 Å². The molecule has 0 atom stereocenters. The van der Waals surface area contributed by atoms with Crippen molar-refractivity contribution in [1.82, 2.24) is 4.98 Å². The van der Waals surface area contributed by atoms with Gasteiger partial charge in [-0.05, 0) is 12.1 Å². The van der Waals surface area contributed by atoms with Crippen LogP contribution in [-0.4, -0.2) is 22.4 Å². The molecule has 0 aliphatic heterocycles. The molecule has 1 aromatic heterocycles. The molecule has 0 aliphatic rings. The second-order valence-electron chi connectivity index (χ2n) is 2.60. The van der Waals surface area contributed by atoms with E-state index in [4.69, 9.17) is 20.4 Å². The van der Waals surface area contributed by atoms with Crippen molar-refractivity contribution in [2.24, 2.45) is 0 Å². The van der Waals surface area contributed by atoms with Crippen LogP contribution in [0.25, 0.3) is 10.2 Å². The smallest absolute Gasteiger partial charge is 0.511 e. The first kappa shape index (κ1) is 9.26. The van der Waals surface area contributed by atoms with Crippen LogP contribution in [0.1, 0.15) is 0 Å². The topological polar surface area (TPSA) is 88.6 Å². The average molecular weight is 210 g/mol. The second-order valence-corrected chi connectivity index (χ2v) is 3.63. The van der Waals surface area contributed by atoms with Gasteiger partial charge in [0.25, 0.3) is 0 Å². The van der Waals surface area contributed by atoms with E-state index < -0.39 is 7.32 Å². The summed E-state index contributed by atoms with van der Waals surface area (Å²) < 4.78 is 5.47. The van der Waals surface area contributed by atoms with Gasteiger partial charge in [0.05, 0.1) is 10.2 Å². The van der Waals surface area contributed by atoms with Crippen molar-refractivity contribution >= 4 is 34.0 Å². The van der Waals surface area contributed by atoms with Gasteiger partial charge >= 0.3 is 7.32 Å². The minimum Gasteiger partial charge on any atom is -0.511 e. The normalized spacial score (nSPS) is 10.4. The fraction of sp³-hybridized carbons (Fsp3) is 0. The van der Waals surface area contributed by atoms with Crippen molar-refractivity contribution in [3.8, 4) is 5.75 Å². The van der Waals surface area contributed by atoms with E-state index in [1.807, 2.05) is 0 Å². The zero-order valence-electron chi connectivity index (χ0n) is 7.04. The molecule has 0 saturated carbocycles. The van der Waals surface area contributed by atoms with Gasteiger partial charge < -0.3 is 20.4 Å². The Morgan fingerprint density at radius 3 is 2.93 bits per heavy atom. The average Bonchev–Trinajstić information content (AvgIpc) is 2.45. The van der Waals surface area contributed by atoms with Crippen molar-refractivity contribution in [3.63, 3.8) is 0 Å². The van der Waals surface area contributed by atoms with Gasteiger partial charge in [0.2, 0.25) is 0 Å². The summed E-state index contributed by atoms with van der Waals surface area (Å²) in [6.45, 7) is 0. The summed E-state index contributed by atoms with van der Waals surface area (Å²) in [6, 6.07) is 5.11. The molecular weight excluding hydrogens is 203 g/mol. The molecule has 0 bridgehead atoms. The Morgan fingerprint density at radius 1 is 1.43 bits per heavy atom. The van der Waals surface area contributed by atoms with E-state index in [0.29, 0.717) is 21.1 Å². The summed E-state index contributed by atoms with van der Waals surface area (Å²) >= 11 is 1.24. The number of anilines is 1. The largest absolute Gasteiger partial charge is 0.707 e. The van der Waals surface area contributed by atoms with Crippen LogP contribution in [0.5, 0.6) is 5.75 Å². The second kappa shape index (κ2) is 3.45. The number of aromatic nitrogens is 1. The van der Waals surface area contributed by atoms with Crippen LogP contribution in [0.15, 0.2) is 18.2 Å². The molecule has 2 rings (SSSR count). The molecule has 0 saturated heterocycles. The summed E-state index contributed by atoms with van der Waals surface area (Å²) in [5, 5.41) is 17.7. The van der Waals surface area contributed by atoms with Gasteiger partial charge in [0, 0.05) is 0 Å². The first-order valence-electron chi connectivity index (χ1n) is 3.84. The Hall–Kier alpha value is -1.31. The zero-order chi connectivity index (χ0) is 10.1. The molecule has 72 valence electrons. The molecule has 14 heavy (non-hydrogen) atoms. The molecular formula is C7H7BN2O3S. The van der Waals surface area contributed by atoms with Crippen LogP contribution in [0, 0.1) is 0 Å². The summed E-state index contributed by atoms with van der Waals surface area (Å²) in [6.07, 6.45) is 0. The lowest BCUT2D eigenvalue weighted by Gasteiger charge is -2.03. The summed E-state index contributed by atoms with van der Waals surface area (Å²) in [4.78, 5) is 4.03. The maximum Gasteiger partial charge on any atom is 0.707 e. The quantitative estimate of drug-likeness (QED) is 0.617. The third kappa shape index (κ3) is 1.65. The lowest BCUT2D eigenvalue weighted by Crippen LogP contribution is -2.20. The van der Waals surface area contributed by atoms with Crippen LogP contribution in [-0.2, 0) is 0 Å². The minimum atomic E-state index is -1.83. The van der Waals surface area contributed by atoms with Crippen molar-refractivity contribution in [2.75, 3.05) is 5.73 Å². The summed E-state index contributed by atoms with van der Waals surface area (Å²) in [5.74, 6) is 0.367. The highest BCUT2D eigenvalue weighted by Gasteiger charge is 2.14. The van der Waals surface area contributed by atoms with Crippen molar-refractivity contribution in [1.29, 1.82) is 0 Å². The molecule has 0 unspecified atom stereocenters. The van der Waals surface area contributed by atoms with Gasteiger partial charge in [-0.3, -0.25) is 0 Å². The minimum absolute atomic E-state index is 0.367. The number of thiazole rings is 1. The number of nitrogens with two attached hydrogens (primary N) is 1. The van der Waals surface area contributed by atoms with Crippen LogP contribution < -0.4 is 10.4 Å². The molecule has 0 aliphatic carbocycles. The highest BCUT2D eigenvalue weighted by atomic mass is 32.1. The number of benzene rings is 1. The standard InChI is InChI=1S/C7H7BN2O3S/c9-7-10-4-2-1-3-5(6(4)14-7)13-8(11)12/h1-3,11-12H,(H2,9,10). The van der Waals surface area contributed by atoms with Gasteiger partial charge in [-0.15, -0.1) is 0 Å². The van der Waals surface area contributed by atoms with Gasteiger partial charge in [-0.25, -0.2) is 4.98 Å². The van der Waals surface area contributed by atoms with Gasteiger partial charge in [-0.1, -0.05) is 17.4 Å². The number of fused-ring (bicyclic) bond motifs is 1. The first-order valence-corrected chi connectivity index (χ1v) is 4.66. The molecule has 1 heterocycles. The number of hydrogen-bond donors (Lipinski definition) is 3. The predicted octanol–water partition coefficient (Wildman–Crippen LogP) is 0.227. The van der Waals surface area contributed by atoms with E-state index in [-0.39, 0.29) is 0 Å². The monoisotopic (exact) mass is 210 g/mol. The van der Waals surface area contributed by atoms with E-state index in [0.717, 1.165) is 0 Å². The van der Waals surface area contributed by atoms with Crippen LogP contribution in [0.4, 0.5) is 5.13 Å². The van der Waals surface area contributed by atoms with Crippen LogP contribution in [0.2, 0.25) is 0 Å².